The minimum atomic E-state index is -0.405. The van der Waals surface area contributed by atoms with Crippen LogP contribution in [0.4, 0.5) is 11.4 Å². The van der Waals surface area contributed by atoms with Crippen molar-refractivity contribution in [3.05, 3.63) is 50.5 Å². The largest absolute Gasteiger partial charge is 0.376 e. The molecule has 0 aliphatic heterocycles. The zero-order valence-corrected chi connectivity index (χ0v) is 10.9. The van der Waals surface area contributed by atoms with Gasteiger partial charge in [-0.2, -0.15) is 0 Å². The average Bonchev–Trinajstić information content (AvgIpc) is 2.76. The molecule has 2 rings (SSSR count). The fourth-order valence-electron chi connectivity index (χ4n) is 1.56. The maximum absolute atomic E-state index is 10.5. The predicted octanol–water partition coefficient (Wildman–Crippen LogP) is 3.53. The van der Waals surface area contributed by atoms with E-state index in [9.17, 15) is 10.1 Å². The summed E-state index contributed by atoms with van der Waals surface area (Å²) in [6.45, 7) is 4.03. The lowest BCUT2D eigenvalue weighted by Crippen LogP contribution is -2.05. The van der Waals surface area contributed by atoms with Gasteiger partial charge in [-0.25, -0.2) is 4.98 Å². The van der Waals surface area contributed by atoms with Gasteiger partial charge in [0.15, 0.2) is 0 Å². The highest BCUT2D eigenvalue weighted by atomic mass is 32.1. The van der Waals surface area contributed by atoms with Gasteiger partial charge in [-0.05, 0) is 26.0 Å². The fourth-order valence-corrected chi connectivity index (χ4v) is 2.34. The van der Waals surface area contributed by atoms with Crippen molar-refractivity contribution < 1.29 is 4.92 Å². The number of benzene rings is 1. The molecule has 0 aliphatic carbocycles. The van der Waals surface area contributed by atoms with E-state index in [1.807, 2.05) is 20.0 Å². The van der Waals surface area contributed by atoms with Gasteiger partial charge < -0.3 is 5.32 Å². The Labute approximate surface area is 109 Å². The summed E-state index contributed by atoms with van der Waals surface area (Å²) in [4.78, 5) is 15.6. The molecule has 94 valence electrons. The van der Waals surface area contributed by atoms with Crippen LogP contribution < -0.4 is 5.32 Å². The van der Waals surface area contributed by atoms with Crippen LogP contribution in [-0.4, -0.2) is 9.91 Å². The van der Waals surface area contributed by atoms with E-state index in [1.165, 1.54) is 17.0 Å². The number of rotatable bonds is 4. The molecule has 5 nitrogen and oxygen atoms in total. The fraction of sp³-hybridized carbons (Fsp3) is 0.250. The Morgan fingerprint density at radius 1 is 1.39 bits per heavy atom. The summed E-state index contributed by atoms with van der Waals surface area (Å²) < 4.78 is 0. The van der Waals surface area contributed by atoms with E-state index in [0.717, 1.165) is 10.7 Å². The minimum absolute atomic E-state index is 0.0881. The second kappa shape index (κ2) is 5.14. The summed E-state index contributed by atoms with van der Waals surface area (Å²) in [7, 11) is 0. The Hall–Kier alpha value is -1.95. The van der Waals surface area contributed by atoms with Crippen LogP contribution in [0.1, 0.15) is 22.9 Å². The highest BCUT2D eigenvalue weighted by molar-refractivity contribution is 7.11. The Kier molecular flexibility index (Phi) is 3.57. The molecule has 1 aromatic heterocycles. The Morgan fingerprint density at radius 3 is 2.56 bits per heavy atom. The molecule has 0 bridgehead atoms. The average molecular weight is 263 g/mol. The standard InChI is InChI=1S/C12H13N3O2S/c1-8-7-13-12(18-8)9(2)14-10-3-5-11(6-4-10)15(16)17/h3-7,9,14H,1-2H3. The lowest BCUT2D eigenvalue weighted by Gasteiger charge is -2.12. The Balaban J connectivity index is 2.07. The number of aromatic nitrogens is 1. The molecule has 0 fully saturated rings. The number of non-ortho nitro benzene ring substituents is 1. The van der Waals surface area contributed by atoms with E-state index in [-0.39, 0.29) is 11.7 Å². The summed E-state index contributed by atoms with van der Waals surface area (Å²) >= 11 is 1.64. The predicted molar refractivity (Wildman–Crippen MR) is 72.0 cm³/mol. The first kappa shape index (κ1) is 12.5. The number of thiazole rings is 1. The van der Waals surface area contributed by atoms with Crippen LogP contribution in [0.25, 0.3) is 0 Å². The molecule has 0 amide bonds. The second-order valence-corrected chi connectivity index (χ2v) is 5.25. The molecule has 1 unspecified atom stereocenters. The van der Waals surface area contributed by atoms with Crippen molar-refractivity contribution in [2.24, 2.45) is 0 Å². The van der Waals surface area contributed by atoms with Crippen LogP contribution in [0.2, 0.25) is 0 Å². The van der Waals surface area contributed by atoms with Crippen molar-refractivity contribution in [2.75, 3.05) is 5.32 Å². The highest BCUT2D eigenvalue weighted by Gasteiger charge is 2.10. The molecule has 0 saturated carbocycles. The van der Waals surface area contributed by atoms with E-state index < -0.39 is 4.92 Å². The molecule has 0 spiro atoms. The number of anilines is 1. The van der Waals surface area contributed by atoms with E-state index in [0.29, 0.717) is 0 Å². The van der Waals surface area contributed by atoms with Gasteiger partial charge in [0.05, 0.1) is 11.0 Å². The third kappa shape index (κ3) is 2.84. The van der Waals surface area contributed by atoms with Crippen molar-refractivity contribution in [1.82, 2.24) is 4.98 Å². The molecule has 1 N–H and O–H groups in total. The zero-order chi connectivity index (χ0) is 13.1. The quantitative estimate of drug-likeness (QED) is 0.676. The van der Waals surface area contributed by atoms with Crippen LogP contribution in [0.15, 0.2) is 30.5 Å². The molecule has 2 aromatic rings. The molecular formula is C12H13N3O2S. The SMILES string of the molecule is Cc1cnc(C(C)Nc2ccc([N+](=O)[O-])cc2)s1. The normalized spacial score (nSPS) is 12.1. The number of hydrogen-bond acceptors (Lipinski definition) is 5. The molecule has 0 radical (unpaired) electrons. The lowest BCUT2D eigenvalue weighted by atomic mass is 10.2. The van der Waals surface area contributed by atoms with Crippen molar-refractivity contribution in [3.8, 4) is 0 Å². The molecule has 1 atom stereocenters. The second-order valence-electron chi connectivity index (χ2n) is 3.98. The Morgan fingerprint density at radius 2 is 2.06 bits per heavy atom. The van der Waals surface area contributed by atoms with Crippen LogP contribution in [0.3, 0.4) is 0 Å². The van der Waals surface area contributed by atoms with E-state index in [1.54, 1.807) is 23.5 Å². The number of hydrogen-bond donors (Lipinski definition) is 1. The van der Waals surface area contributed by atoms with Crippen molar-refractivity contribution >= 4 is 22.7 Å². The third-order valence-electron chi connectivity index (χ3n) is 2.47. The first-order chi connectivity index (χ1) is 8.56. The van der Waals surface area contributed by atoms with Gasteiger partial charge in [0.1, 0.15) is 5.01 Å². The van der Waals surface area contributed by atoms with Crippen LogP contribution in [0.5, 0.6) is 0 Å². The van der Waals surface area contributed by atoms with Crippen molar-refractivity contribution in [3.63, 3.8) is 0 Å². The molecular weight excluding hydrogens is 250 g/mol. The number of nitro benzene ring substituents is 1. The number of nitrogens with one attached hydrogen (secondary N) is 1. The van der Waals surface area contributed by atoms with E-state index >= 15 is 0 Å². The first-order valence-electron chi connectivity index (χ1n) is 5.49. The maximum Gasteiger partial charge on any atom is 0.269 e. The summed E-state index contributed by atoms with van der Waals surface area (Å²) in [6.07, 6.45) is 1.84. The van der Waals surface area contributed by atoms with Crippen LogP contribution in [-0.2, 0) is 0 Å². The molecule has 0 aliphatic rings. The third-order valence-corrected chi connectivity index (χ3v) is 3.57. The molecule has 0 saturated heterocycles. The van der Waals surface area contributed by atoms with Gasteiger partial charge in [-0.15, -0.1) is 11.3 Å². The topological polar surface area (TPSA) is 68.1 Å². The monoisotopic (exact) mass is 263 g/mol. The van der Waals surface area contributed by atoms with Gasteiger partial charge in [0.25, 0.3) is 5.69 Å². The summed E-state index contributed by atoms with van der Waals surface area (Å²) in [5.41, 5.74) is 0.944. The lowest BCUT2D eigenvalue weighted by molar-refractivity contribution is -0.384. The minimum Gasteiger partial charge on any atom is -0.376 e. The highest BCUT2D eigenvalue weighted by Crippen LogP contribution is 2.24. The number of aryl methyl sites for hydroxylation is 1. The molecule has 1 heterocycles. The summed E-state index contributed by atoms with van der Waals surface area (Å²) in [5.74, 6) is 0. The summed E-state index contributed by atoms with van der Waals surface area (Å²) in [6, 6.07) is 6.47. The van der Waals surface area contributed by atoms with Gasteiger partial charge in [0, 0.05) is 28.9 Å². The number of nitro groups is 1. The van der Waals surface area contributed by atoms with Crippen molar-refractivity contribution in [1.29, 1.82) is 0 Å². The van der Waals surface area contributed by atoms with Gasteiger partial charge in [0.2, 0.25) is 0 Å². The van der Waals surface area contributed by atoms with Gasteiger partial charge in [-0.3, -0.25) is 10.1 Å². The smallest absolute Gasteiger partial charge is 0.269 e. The Bertz CT molecular complexity index is 551. The molecule has 18 heavy (non-hydrogen) atoms. The number of nitrogens with zero attached hydrogens (tertiary/aromatic N) is 2. The van der Waals surface area contributed by atoms with Gasteiger partial charge in [-0.1, -0.05) is 0 Å². The maximum atomic E-state index is 10.5. The van der Waals surface area contributed by atoms with E-state index in [2.05, 4.69) is 10.3 Å². The van der Waals surface area contributed by atoms with Crippen LogP contribution >= 0.6 is 11.3 Å². The van der Waals surface area contributed by atoms with Crippen molar-refractivity contribution in [2.45, 2.75) is 19.9 Å². The summed E-state index contributed by atoms with van der Waals surface area (Å²) in [5, 5.41) is 14.8. The van der Waals surface area contributed by atoms with Crippen LogP contribution in [0, 0.1) is 17.0 Å². The zero-order valence-electron chi connectivity index (χ0n) is 10.1. The molecule has 1 aromatic carbocycles. The molecule has 6 heteroatoms. The van der Waals surface area contributed by atoms with E-state index in [4.69, 9.17) is 0 Å². The van der Waals surface area contributed by atoms with Gasteiger partial charge >= 0.3 is 0 Å². The first-order valence-corrected chi connectivity index (χ1v) is 6.31.